The average Bonchev–Trinajstić information content (AvgIpc) is 3.16. The SMILES string of the molecule is CC(OC(=O)c1cc2c(s1)CCCC2)C(=O)N1c2ccccc2CCc2ccccc21. The summed E-state index contributed by atoms with van der Waals surface area (Å²) in [6, 6.07) is 17.9. The van der Waals surface area contributed by atoms with Crippen LogP contribution in [0.2, 0.25) is 0 Å². The molecule has 0 spiro atoms. The molecule has 0 saturated heterocycles. The number of anilines is 2. The zero-order valence-corrected chi connectivity index (χ0v) is 18.4. The summed E-state index contributed by atoms with van der Waals surface area (Å²) in [6.45, 7) is 1.67. The number of thiophene rings is 1. The van der Waals surface area contributed by atoms with Crippen molar-refractivity contribution in [2.24, 2.45) is 0 Å². The Morgan fingerprint density at radius 3 is 2.13 bits per heavy atom. The Balaban J connectivity index is 1.43. The topological polar surface area (TPSA) is 46.6 Å². The molecule has 1 atom stereocenters. The van der Waals surface area contributed by atoms with E-state index in [1.807, 2.05) is 42.5 Å². The summed E-state index contributed by atoms with van der Waals surface area (Å²) < 4.78 is 5.68. The van der Waals surface area contributed by atoms with Crippen LogP contribution in [0, 0.1) is 0 Å². The quantitative estimate of drug-likeness (QED) is 0.505. The molecule has 31 heavy (non-hydrogen) atoms. The summed E-state index contributed by atoms with van der Waals surface area (Å²) in [4.78, 5) is 30.0. The van der Waals surface area contributed by atoms with Crippen molar-refractivity contribution in [3.8, 4) is 0 Å². The van der Waals surface area contributed by atoms with E-state index in [1.165, 1.54) is 34.6 Å². The second-order valence-corrected chi connectivity index (χ2v) is 9.38. The van der Waals surface area contributed by atoms with Crippen molar-refractivity contribution in [1.29, 1.82) is 0 Å². The van der Waals surface area contributed by atoms with Gasteiger partial charge < -0.3 is 4.74 Å². The molecule has 1 unspecified atom stereocenters. The number of aryl methyl sites for hydroxylation is 4. The Kier molecular flexibility index (Phi) is 5.36. The first kappa shape index (κ1) is 20.0. The molecule has 1 aliphatic heterocycles. The fourth-order valence-corrected chi connectivity index (χ4v) is 5.70. The summed E-state index contributed by atoms with van der Waals surface area (Å²) >= 11 is 1.51. The van der Waals surface area contributed by atoms with Gasteiger partial charge in [-0.3, -0.25) is 9.69 Å². The van der Waals surface area contributed by atoms with Crippen molar-refractivity contribution in [2.75, 3.05) is 4.90 Å². The lowest BCUT2D eigenvalue weighted by Gasteiger charge is -2.27. The van der Waals surface area contributed by atoms with Gasteiger partial charge in [0.2, 0.25) is 0 Å². The largest absolute Gasteiger partial charge is 0.448 e. The first-order valence-electron chi connectivity index (χ1n) is 10.9. The number of nitrogens with zero attached hydrogens (tertiary/aromatic N) is 1. The predicted molar refractivity (Wildman–Crippen MR) is 123 cm³/mol. The molecule has 5 heteroatoms. The minimum absolute atomic E-state index is 0.225. The molecule has 2 heterocycles. The monoisotopic (exact) mass is 431 g/mol. The third-order valence-corrected chi connectivity index (χ3v) is 7.40. The van der Waals surface area contributed by atoms with E-state index in [0.29, 0.717) is 4.88 Å². The molecule has 4 nitrogen and oxygen atoms in total. The maximum Gasteiger partial charge on any atom is 0.349 e. The lowest BCUT2D eigenvalue weighted by Crippen LogP contribution is -2.37. The van der Waals surface area contributed by atoms with Gasteiger partial charge in [0, 0.05) is 4.88 Å². The third-order valence-electron chi connectivity index (χ3n) is 6.18. The van der Waals surface area contributed by atoms with Gasteiger partial charge in [-0.2, -0.15) is 0 Å². The first-order valence-corrected chi connectivity index (χ1v) is 11.8. The molecular weight excluding hydrogens is 406 g/mol. The summed E-state index contributed by atoms with van der Waals surface area (Å²) in [6.07, 6.45) is 5.24. The molecule has 0 bridgehead atoms. The minimum Gasteiger partial charge on any atom is -0.448 e. The molecule has 0 fully saturated rings. The van der Waals surface area contributed by atoms with E-state index >= 15 is 0 Å². The van der Waals surface area contributed by atoms with Gasteiger partial charge in [0.05, 0.1) is 11.4 Å². The molecule has 2 aromatic carbocycles. The van der Waals surface area contributed by atoms with Crippen LogP contribution in [0.3, 0.4) is 0 Å². The molecule has 1 aliphatic carbocycles. The maximum absolute atomic E-state index is 13.6. The molecule has 158 valence electrons. The highest BCUT2D eigenvalue weighted by Crippen LogP contribution is 2.37. The number of hydrogen-bond donors (Lipinski definition) is 0. The summed E-state index contributed by atoms with van der Waals surface area (Å²) in [5, 5.41) is 0. The second kappa shape index (κ2) is 8.31. The van der Waals surface area contributed by atoms with Crippen molar-refractivity contribution in [1.82, 2.24) is 0 Å². The maximum atomic E-state index is 13.6. The van der Waals surface area contributed by atoms with E-state index in [0.717, 1.165) is 48.2 Å². The summed E-state index contributed by atoms with van der Waals surface area (Å²) in [5.41, 5.74) is 5.24. The van der Waals surface area contributed by atoms with Crippen molar-refractivity contribution >= 4 is 34.6 Å². The average molecular weight is 432 g/mol. The van der Waals surface area contributed by atoms with E-state index in [9.17, 15) is 9.59 Å². The third kappa shape index (κ3) is 3.79. The zero-order chi connectivity index (χ0) is 21.4. The molecule has 2 aliphatic rings. The Labute approximate surface area is 186 Å². The molecule has 0 radical (unpaired) electrons. The molecule has 1 amide bonds. The standard InChI is InChI=1S/C26H25NO3S/c1-17(30-26(29)24-16-20-10-4-7-13-23(20)31-24)25(28)27-21-11-5-2-8-18(21)14-15-19-9-3-6-12-22(19)27/h2-3,5-6,8-9,11-12,16-17H,4,7,10,13-15H2,1H3. The van der Waals surface area contributed by atoms with Crippen molar-refractivity contribution < 1.29 is 14.3 Å². The van der Waals surface area contributed by atoms with Gasteiger partial charge in [0.1, 0.15) is 4.88 Å². The van der Waals surface area contributed by atoms with Crippen LogP contribution in [-0.4, -0.2) is 18.0 Å². The van der Waals surface area contributed by atoms with Crippen LogP contribution < -0.4 is 4.90 Å². The van der Waals surface area contributed by atoms with Crippen LogP contribution in [0.5, 0.6) is 0 Å². The normalized spacial score (nSPS) is 15.8. The van der Waals surface area contributed by atoms with Gasteiger partial charge in [-0.1, -0.05) is 36.4 Å². The second-order valence-electron chi connectivity index (χ2n) is 8.24. The van der Waals surface area contributed by atoms with Gasteiger partial charge in [-0.25, -0.2) is 4.79 Å². The predicted octanol–water partition coefficient (Wildman–Crippen LogP) is 5.64. The van der Waals surface area contributed by atoms with Gasteiger partial charge in [0.15, 0.2) is 6.10 Å². The highest BCUT2D eigenvalue weighted by Gasteiger charge is 2.31. The molecule has 1 aromatic heterocycles. The number of amides is 1. The van der Waals surface area contributed by atoms with E-state index in [2.05, 4.69) is 12.1 Å². The van der Waals surface area contributed by atoms with Crippen molar-refractivity contribution in [2.45, 2.75) is 51.6 Å². The van der Waals surface area contributed by atoms with Gasteiger partial charge >= 0.3 is 5.97 Å². The number of rotatable bonds is 3. The zero-order valence-electron chi connectivity index (χ0n) is 17.6. The number of para-hydroxylation sites is 2. The van der Waals surface area contributed by atoms with E-state index in [1.54, 1.807) is 11.8 Å². The van der Waals surface area contributed by atoms with Crippen molar-refractivity contribution in [3.05, 3.63) is 81.0 Å². The lowest BCUT2D eigenvalue weighted by molar-refractivity contribution is -0.125. The van der Waals surface area contributed by atoms with Crippen LogP contribution in [0.25, 0.3) is 0 Å². The Bertz CT molecular complexity index is 1080. The number of fused-ring (bicyclic) bond motifs is 3. The van der Waals surface area contributed by atoms with Crippen LogP contribution in [0.15, 0.2) is 54.6 Å². The minimum atomic E-state index is -0.883. The molecular formula is C26H25NO3S. The fourth-order valence-electron chi connectivity index (χ4n) is 4.56. The van der Waals surface area contributed by atoms with E-state index in [-0.39, 0.29) is 5.91 Å². The van der Waals surface area contributed by atoms with Crippen molar-refractivity contribution in [3.63, 3.8) is 0 Å². The van der Waals surface area contributed by atoms with Gasteiger partial charge in [-0.15, -0.1) is 11.3 Å². The smallest absolute Gasteiger partial charge is 0.349 e. The number of ether oxygens (including phenoxy) is 1. The number of hydrogen-bond acceptors (Lipinski definition) is 4. The van der Waals surface area contributed by atoms with Crippen LogP contribution in [-0.2, 0) is 35.2 Å². The highest BCUT2D eigenvalue weighted by molar-refractivity contribution is 7.14. The fraction of sp³-hybridized carbons (Fsp3) is 0.308. The van der Waals surface area contributed by atoms with E-state index < -0.39 is 12.1 Å². The number of carbonyl (C=O) groups excluding carboxylic acids is 2. The number of benzene rings is 2. The van der Waals surface area contributed by atoms with E-state index in [4.69, 9.17) is 4.74 Å². The Morgan fingerprint density at radius 2 is 1.48 bits per heavy atom. The summed E-state index contributed by atoms with van der Waals surface area (Å²) in [5.74, 6) is -0.631. The number of esters is 1. The molecule has 3 aromatic rings. The molecule has 0 saturated carbocycles. The Hall–Kier alpha value is -2.92. The lowest BCUT2D eigenvalue weighted by atomic mass is 9.99. The Morgan fingerprint density at radius 1 is 0.871 bits per heavy atom. The van der Waals surface area contributed by atoms with Gasteiger partial charge in [0.25, 0.3) is 5.91 Å². The van der Waals surface area contributed by atoms with Crippen LogP contribution in [0.1, 0.15) is 51.0 Å². The van der Waals surface area contributed by atoms with Gasteiger partial charge in [-0.05, 0) is 80.3 Å². The molecule has 5 rings (SSSR count). The number of carbonyl (C=O) groups is 2. The summed E-state index contributed by atoms with van der Waals surface area (Å²) in [7, 11) is 0. The highest BCUT2D eigenvalue weighted by atomic mass is 32.1. The molecule has 0 N–H and O–H groups in total. The van der Waals surface area contributed by atoms with Crippen LogP contribution in [0.4, 0.5) is 11.4 Å². The van der Waals surface area contributed by atoms with Crippen LogP contribution >= 0.6 is 11.3 Å². The first-order chi connectivity index (χ1) is 15.1.